The molecule has 0 saturated carbocycles. The van der Waals surface area contributed by atoms with Crippen molar-refractivity contribution in [1.82, 2.24) is 10.2 Å². The number of amides is 2. The lowest BCUT2D eigenvalue weighted by Gasteiger charge is -2.29. The molecule has 0 radical (unpaired) electrons. The zero-order chi connectivity index (χ0) is 12.0. The summed E-state index contributed by atoms with van der Waals surface area (Å²) in [5.74, 6) is 0.154. The molecule has 1 N–H and O–H groups in total. The highest BCUT2D eigenvalue weighted by Crippen LogP contribution is 2.18. The van der Waals surface area contributed by atoms with Crippen LogP contribution in [-0.4, -0.2) is 41.2 Å². The number of hydrogen-bond donors (Lipinski definition) is 1. The molecule has 0 aromatic heterocycles. The van der Waals surface area contributed by atoms with Gasteiger partial charge in [-0.15, -0.1) is 0 Å². The van der Waals surface area contributed by atoms with E-state index in [4.69, 9.17) is 0 Å². The van der Waals surface area contributed by atoms with Gasteiger partial charge in [0.1, 0.15) is 0 Å². The Hall–Kier alpha value is -0.580. The first-order chi connectivity index (χ1) is 7.65. The van der Waals surface area contributed by atoms with Crippen molar-refractivity contribution < 1.29 is 9.59 Å². The normalized spacial score (nSPS) is 21.0. The number of carbonyl (C=O) groups excluding carboxylic acids is 2. The summed E-state index contributed by atoms with van der Waals surface area (Å²) in [4.78, 5) is 24.8. The van der Waals surface area contributed by atoms with Crippen LogP contribution in [0, 0.1) is 0 Å². The maximum atomic E-state index is 11.7. The van der Waals surface area contributed by atoms with Crippen LogP contribution in [0.15, 0.2) is 0 Å². The molecule has 0 aromatic carbocycles. The number of likely N-dealkylation sites (tertiary alicyclic amines) is 1. The van der Waals surface area contributed by atoms with E-state index in [9.17, 15) is 9.59 Å². The van der Waals surface area contributed by atoms with E-state index in [2.05, 4.69) is 21.2 Å². The van der Waals surface area contributed by atoms with Crippen molar-refractivity contribution in [3.63, 3.8) is 0 Å². The smallest absolute Gasteiger partial charge is 0.236 e. The summed E-state index contributed by atoms with van der Waals surface area (Å²) in [6.07, 6.45) is 3.26. The molecule has 1 atom stereocenters. The summed E-state index contributed by atoms with van der Waals surface area (Å²) < 4.78 is 0. The maximum Gasteiger partial charge on any atom is 0.236 e. The van der Waals surface area contributed by atoms with Crippen LogP contribution < -0.4 is 5.32 Å². The lowest BCUT2D eigenvalue weighted by molar-refractivity contribution is -0.133. The molecule has 0 aromatic rings. The highest BCUT2D eigenvalue weighted by molar-refractivity contribution is 9.10. The van der Waals surface area contributed by atoms with Gasteiger partial charge in [0, 0.05) is 26.1 Å². The summed E-state index contributed by atoms with van der Waals surface area (Å²) in [5.41, 5.74) is 0. The Balaban J connectivity index is 2.26. The molecule has 0 aliphatic carbocycles. The van der Waals surface area contributed by atoms with Crippen molar-refractivity contribution in [2.75, 3.05) is 19.6 Å². The number of hydrogen-bond acceptors (Lipinski definition) is 2. The van der Waals surface area contributed by atoms with E-state index in [1.807, 2.05) is 6.92 Å². The van der Waals surface area contributed by atoms with E-state index in [-0.39, 0.29) is 16.6 Å². The Morgan fingerprint density at radius 2 is 2.38 bits per heavy atom. The van der Waals surface area contributed by atoms with Crippen LogP contribution in [0.5, 0.6) is 0 Å². The first kappa shape index (κ1) is 13.5. The topological polar surface area (TPSA) is 49.4 Å². The molecular weight excluding hydrogens is 272 g/mol. The lowest BCUT2D eigenvalue weighted by Crippen LogP contribution is -2.43. The van der Waals surface area contributed by atoms with Gasteiger partial charge in [0.2, 0.25) is 11.8 Å². The second kappa shape index (κ2) is 6.89. The molecule has 5 heteroatoms. The van der Waals surface area contributed by atoms with Gasteiger partial charge < -0.3 is 10.2 Å². The zero-order valence-corrected chi connectivity index (χ0v) is 11.3. The van der Waals surface area contributed by atoms with Crippen molar-refractivity contribution in [1.29, 1.82) is 0 Å². The number of nitrogens with one attached hydrogen (secondary N) is 1. The minimum atomic E-state index is -0.0556. The third-order valence-electron chi connectivity index (χ3n) is 2.65. The van der Waals surface area contributed by atoms with Crippen LogP contribution in [0.3, 0.4) is 0 Å². The van der Waals surface area contributed by atoms with Gasteiger partial charge in [0.25, 0.3) is 0 Å². The van der Waals surface area contributed by atoms with Gasteiger partial charge in [0.05, 0.1) is 4.83 Å². The van der Waals surface area contributed by atoms with Crippen LogP contribution in [-0.2, 0) is 9.59 Å². The quantitative estimate of drug-likeness (QED) is 0.776. The van der Waals surface area contributed by atoms with Crippen molar-refractivity contribution in [2.24, 2.45) is 0 Å². The van der Waals surface area contributed by atoms with E-state index in [0.29, 0.717) is 19.5 Å². The highest BCUT2D eigenvalue weighted by Gasteiger charge is 2.26. The molecule has 1 fully saturated rings. The van der Waals surface area contributed by atoms with Crippen LogP contribution in [0.4, 0.5) is 0 Å². The molecule has 1 aliphatic rings. The fourth-order valence-electron chi connectivity index (χ4n) is 1.70. The van der Waals surface area contributed by atoms with Gasteiger partial charge in [-0.1, -0.05) is 22.9 Å². The Labute approximate surface area is 105 Å². The maximum absolute atomic E-state index is 11.7. The predicted molar refractivity (Wildman–Crippen MR) is 66.4 cm³/mol. The molecule has 1 heterocycles. The van der Waals surface area contributed by atoms with Crippen LogP contribution in [0.25, 0.3) is 0 Å². The molecule has 0 bridgehead atoms. The van der Waals surface area contributed by atoms with Crippen LogP contribution in [0.1, 0.15) is 32.6 Å². The zero-order valence-electron chi connectivity index (χ0n) is 9.67. The minimum absolute atomic E-state index is 0.0337. The van der Waals surface area contributed by atoms with E-state index >= 15 is 0 Å². The van der Waals surface area contributed by atoms with Crippen LogP contribution in [0.2, 0.25) is 0 Å². The highest BCUT2D eigenvalue weighted by atomic mass is 79.9. The molecule has 1 aliphatic heterocycles. The van der Waals surface area contributed by atoms with E-state index in [0.717, 1.165) is 25.8 Å². The van der Waals surface area contributed by atoms with Crippen LogP contribution >= 0.6 is 15.9 Å². The number of rotatable bonds is 5. The van der Waals surface area contributed by atoms with Crippen molar-refractivity contribution >= 4 is 27.7 Å². The minimum Gasteiger partial charge on any atom is -0.356 e. The molecule has 0 spiro atoms. The third kappa shape index (κ3) is 4.12. The van der Waals surface area contributed by atoms with E-state index in [1.165, 1.54) is 0 Å². The molecule has 16 heavy (non-hydrogen) atoms. The molecule has 4 nitrogen and oxygen atoms in total. The number of piperidine rings is 1. The summed E-state index contributed by atoms with van der Waals surface area (Å²) in [6, 6.07) is 0. The molecule has 1 unspecified atom stereocenters. The van der Waals surface area contributed by atoms with Gasteiger partial charge in [-0.2, -0.15) is 0 Å². The van der Waals surface area contributed by atoms with Gasteiger partial charge in [0.15, 0.2) is 0 Å². The summed E-state index contributed by atoms with van der Waals surface area (Å²) in [7, 11) is 0. The Morgan fingerprint density at radius 3 is 3.06 bits per heavy atom. The average Bonchev–Trinajstić information content (AvgIpc) is 2.28. The number of halogens is 1. The fourth-order valence-corrected chi connectivity index (χ4v) is 2.32. The van der Waals surface area contributed by atoms with E-state index < -0.39 is 0 Å². The third-order valence-corrected chi connectivity index (χ3v) is 3.50. The number of alkyl halides is 1. The fraction of sp³-hybridized carbons (Fsp3) is 0.818. The summed E-state index contributed by atoms with van der Waals surface area (Å²) >= 11 is 3.35. The standard InChI is InChI=1S/C11H19BrN2O2/c1-2-6-13-10(15)5-8-14-7-3-4-9(12)11(14)16/h9H,2-8H2,1H3,(H,13,15). The van der Waals surface area contributed by atoms with Crippen molar-refractivity contribution in [3.8, 4) is 0 Å². The van der Waals surface area contributed by atoms with Gasteiger partial charge >= 0.3 is 0 Å². The predicted octanol–water partition coefficient (Wildman–Crippen LogP) is 1.29. The molecule has 1 saturated heterocycles. The Kier molecular flexibility index (Phi) is 5.80. The SMILES string of the molecule is CCCNC(=O)CCN1CCCC(Br)C1=O. The largest absolute Gasteiger partial charge is 0.356 e. The van der Waals surface area contributed by atoms with Gasteiger partial charge in [-0.3, -0.25) is 9.59 Å². The average molecular weight is 291 g/mol. The second-order valence-corrected chi connectivity index (χ2v) is 5.14. The van der Waals surface area contributed by atoms with Crippen molar-refractivity contribution in [2.45, 2.75) is 37.4 Å². The lowest BCUT2D eigenvalue weighted by atomic mass is 10.1. The molecular formula is C11H19BrN2O2. The molecule has 2 amide bonds. The number of nitrogens with zero attached hydrogens (tertiary/aromatic N) is 1. The molecule has 92 valence electrons. The molecule has 1 rings (SSSR count). The summed E-state index contributed by atoms with van der Waals surface area (Å²) in [6.45, 7) is 4.05. The summed E-state index contributed by atoms with van der Waals surface area (Å²) in [5, 5.41) is 2.81. The van der Waals surface area contributed by atoms with Gasteiger partial charge in [-0.05, 0) is 19.3 Å². The first-order valence-corrected chi connectivity index (χ1v) is 6.76. The first-order valence-electron chi connectivity index (χ1n) is 5.84. The monoisotopic (exact) mass is 290 g/mol. The number of carbonyl (C=O) groups is 2. The van der Waals surface area contributed by atoms with E-state index in [1.54, 1.807) is 4.90 Å². The van der Waals surface area contributed by atoms with Gasteiger partial charge in [-0.25, -0.2) is 0 Å². The Morgan fingerprint density at radius 1 is 1.62 bits per heavy atom. The van der Waals surface area contributed by atoms with Crippen molar-refractivity contribution in [3.05, 3.63) is 0 Å². The Bertz CT molecular complexity index is 258. The second-order valence-electron chi connectivity index (χ2n) is 4.04.